The Morgan fingerprint density at radius 3 is 2.36 bits per heavy atom. The number of aromatic nitrogens is 2. The molecule has 28 heavy (non-hydrogen) atoms. The minimum absolute atomic E-state index is 0.0755. The molecule has 0 saturated heterocycles. The smallest absolute Gasteiger partial charge is 0.358 e. The predicted molar refractivity (Wildman–Crippen MR) is 107 cm³/mol. The Labute approximate surface area is 163 Å². The molecule has 1 amide bonds. The van der Waals surface area contributed by atoms with Gasteiger partial charge in [-0.15, -0.1) is 0 Å². The molecule has 7 nitrogen and oxygen atoms in total. The second-order valence-electron chi connectivity index (χ2n) is 6.28. The maximum absolute atomic E-state index is 12.8. The zero-order chi connectivity index (χ0) is 19.9. The topological polar surface area (TPSA) is 85.3 Å². The number of anilines is 1. The standard InChI is InChI=1S/C21H22N4O3/c1-15(14-22-16-9-5-3-6-10-16)23-20(26)19-13-18(21(27)28-2)24-25(19)17-11-7-4-8-12-17/h3-13,15,22H,14H2,1-2H3,(H,23,26)/t15-/m1/s1. The molecule has 0 radical (unpaired) electrons. The molecule has 0 saturated carbocycles. The number of hydrogen-bond donors (Lipinski definition) is 2. The van der Waals surface area contributed by atoms with Gasteiger partial charge in [-0.3, -0.25) is 4.79 Å². The summed E-state index contributed by atoms with van der Waals surface area (Å²) in [6, 6.07) is 20.2. The fourth-order valence-corrected chi connectivity index (χ4v) is 2.69. The lowest BCUT2D eigenvalue weighted by Gasteiger charge is -2.16. The van der Waals surface area contributed by atoms with Crippen molar-refractivity contribution in [3.8, 4) is 5.69 Å². The fraction of sp³-hybridized carbons (Fsp3) is 0.190. The summed E-state index contributed by atoms with van der Waals surface area (Å²) in [5, 5.41) is 10.4. The number of rotatable bonds is 7. The number of amides is 1. The number of ether oxygens (including phenoxy) is 1. The Hall–Kier alpha value is -3.61. The summed E-state index contributed by atoms with van der Waals surface area (Å²) in [6.45, 7) is 2.46. The Balaban J connectivity index is 1.76. The van der Waals surface area contributed by atoms with E-state index in [0.29, 0.717) is 12.2 Å². The van der Waals surface area contributed by atoms with Gasteiger partial charge in [0.2, 0.25) is 0 Å². The number of esters is 1. The first kappa shape index (κ1) is 19.2. The van der Waals surface area contributed by atoms with E-state index >= 15 is 0 Å². The van der Waals surface area contributed by atoms with E-state index in [0.717, 1.165) is 5.69 Å². The highest BCUT2D eigenvalue weighted by Gasteiger charge is 2.21. The monoisotopic (exact) mass is 378 g/mol. The average molecular weight is 378 g/mol. The van der Waals surface area contributed by atoms with Crippen LogP contribution >= 0.6 is 0 Å². The second-order valence-corrected chi connectivity index (χ2v) is 6.28. The molecule has 144 valence electrons. The van der Waals surface area contributed by atoms with E-state index < -0.39 is 5.97 Å². The lowest BCUT2D eigenvalue weighted by Crippen LogP contribution is -2.38. The highest BCUT2D eigenvalue weighted by atomic mass is 16.5. The van der Waals surface area contributed by atoms with Crippen molar-refractivity contribution in [2.24, 2.45) is 0 Å². The summed E-state index contributed by atoms with van der Waals surface area (Å²) in [7, 11) is 1.28. The highest BCUT2D eigenvalue weighted by Crippen LogP contribution is 2.14. The Kier molecular flexibility index (Phi) is 6.06. The van der Waals surface area contributed by atoms with Crippen LogP contribution in [0.5, 0.6) is 0 Å². The third-order valence-electron chi connectivity index (χ3n) is 4.10. The summed E-state index contributed by atoms with van der Waals surface area (Å²) >= 11 is 0. The van der Waals surface area contributed by atoms with Gasteiger partial charge in [0.1, 0.15) is 5.69 Å². The largest absolute Gasteiger partial charge is 0.464 e. The lowest BCUT2D eigenvalue weighted by molar-refractivity contribution is 0.0593. The number of carbonyl (C=O) groups excluding carboxylic acids is 2. The molecule has 0 unspecified atom stereocenters. The van der Waals surface area contributed by atoms with E-state index in [2.05, 4.69) is 15.7 Å². The number of para-hydroxylation sites is 2. The van der Waals surface area contributed by atoms with E-state index in [1.807, 2.05) is 67.6 Å². The highest BCUT2D eigenvalue weighted by molar-refractivity contribution is 5.96. The quantitative estimate of drug-likeness (QED) is 0.618. The maximum atomic E-state index is 12.8. The number of carbonyl (C=O) groups is 2. The molecule has 1 aromatic heterocycles. The first-order valence-corrected chi connectivity index (χ1v) is 8.92. The molecule has 7 heteroatoms. The van der Waals surface area contributed by atoms with Crippen LogP contribution in [0.2, 0.25) is 0 Å². The normalized spacial score (nSPS) is 11.5. The molecule has 3 aromatic rings. The van der Waals surface area contributed by atoms with Crippen molar-refractivity contribution in [3.05, 3.63) is 78.1 Å². The molecule has 1 heterocycles. The summed E-state index contributed by atoms with van der Waals surface area (Å²) in [5.74, 6) is -0.920. The molecule has 1 atom stereocenters. The van der Waals surface area contributed by atoms with Crippen molar-refractivity contribution in [1.29, 1.82) is 0 Å². The maximum Gasteiger partial charge on any atom is 0.358 e. The van der Waals surface area contributed by atoms with Gasteiger partial charge in [-0.1, -0.05) is 36.4 Å². The van der Waals surface area contributed by atoms with Crippen LogP contribution in [0.1, 0.15) is 27.9 Å². The molecule has 0 spiro atoms. The summed E-state index contributed by atoms with van der Waals surface area (Å²) < 4.78 is 6.18. The summed E-state index contributed by atoms with van der Waals surface area (Å²) in [4.78, 5) is 24.7. The second kappa shape index (κ2) is 8.85. The van der Waals surface area contributed by atoms with Gasteiger partial charge in [-0.25, -0.2) is 9.48 Å². The Morgan fingerprint density at radius 2 is 1.71 bits per heavy atom. The number of benzene rings is 2. The van der Waals surface area contributed by atoms with E-state index in [1.54, 1.807) is 0 Å². The van der Waals surface area contributed by atoms with Crippen LogP contribution in [0.25, 0.3) is 5.69 Å². The first-order chi connectivity index (χ1) is 13.6. The third-order valence-corrected chi connectivity index (χ3v) is 4.10. The fourth-order valence-electron chi connectivity index (χ4n) is 2.69. The molecule has 0 bridgehead atoms. The SMILES string of the molecule is COC(=O)c1cc(C(=O)N[C@H](C)CNc2ccccc2)n(-c2ccccc2)n1. The summed E-state index contributed by atoms with van der Waals surface area (Å²) in [5.41, 5.74) is 1.99. The average Bonchev–Trinajstić information content (AvgIpc) is 3.19. The molecule has 0 aliphatic heterocycles. The van der Waals surface area contributed by atoms with Crippen molar-refractivity contribution in [2.45, 2.75) is 13.0 Å². The van der Waals surface area contributed by atoms with E-state index in [1.165, 1.54) is 17.9 Å². The number of nitrogens with zero attached hydrogens (tertiary/aromatic N) is 2. The van der Waals surface area contributed by atoms with Gasteiger partial charge in [0.05, 0.1) is 12.8 Å². The zero-order valence-electron chi connectivity index (χ0n) is 15.8. The number of hydrogen-bond acceptors (Lipinski definition) is 5. The predicted octanol–water partition coefficient (Wildman–Crippen LogP) is 2.89. The van der Waals surface area contributed by atoms with Gasteiger partial charge in [-0.2, -0.15) is 5.10 Å². The van der Waals surface area contributed by atoms with E-state index in [-0.39, 0.29) is 23.3 Å². The molecule has 0 aliphatic rings. The van der Waals surface area contributed by atoms with Gasteiger partial charge in [0, 0.05) is 24.3 Å². The molecular weight excluding hydrogens is 356 g/mol. The zero-order valence-corrected chi connectivity index (χ0v) is 15.8. The molecule has 0 aliphatic carbocycles. The van der Waals surface area contributed by atoms with Crippen LogP contribution in [-0.2, 0) is 4.74 Å². The van der Waals surface area contributed by atoms with Crippen LogP contribution in [0.4, 0.5) is 5.69 Å². The van der Waals surface area contributed by atoms with Crippen molar-refractivity contribution >= 4 is 17.6 Å². The number of nitrogens with one attached hydrogen (secondary N) is 2. The first-order valence-electron chi connectivity index (χ1n) is 8.92. The number of methoxy groups -OCH3 is 1. The molecule has 3 rings (SSSR count). The molecule has 0 fully saturated rings. The Morgan fingerprint density at radius 1 is 1.07 bits per heavy atom. The molecular formula is C21H22N4O3. The molecule has 2 N–H and O–H groups in total. The van der Waals surface area contributed by atoms with Crippen molar-refractivity contribution in [1.82, 2.24) is 15.1 Å². The van der Waals surface area contributed by atoms with Crippen LogP contribution in [0.3, 0.4) is 0 Å². The van der Waals surface area contributed by atoms with Crippen molar-refractivity contribution in [3.63, 3.8) is 0 Å². The van der Waals surface area contributed by atoms with Crippen LogP contribution < -0.4 is 10.6 Å². The van der Waals surface area contributed by atoms with E-state index in [4.69, 9.17) is 4.74 Å². The van der Waals surface area contributed by atoms with Gasteiger partial charge < -0.3 is 15.4 Å². The lowest BCUT2D eigenvalue weighted by atomic mass is 10.2. The van der Waals surface area contributed by atoms with Crippen LogP contribution in [0, 0.1) is 0 Å². The minimum Gasteiger partial charge on any atom is -0.464 e. The van der Waals surface area contributed by atoms with E-state index in [9.17, 15) is 9.59 Å². The van der Waals surface area contributed by atoms with Crippen LogP contribution in [0.15, 0.2) is 66.7 Å². The van der Waals surface area contributed by atoms with Gasteiger partial charge in [0.15, 0.2) is 5.69 Å². The van der Waals surface area contributed by atoms with Crippen molar-refractivity contribution in [2.75, 3.05) is 19.0 Å². The van der Waals surface area contributed by atoms with Gasteiger partial charge in [-0.05, 0) is 31.2 Å². The Bertz CT molecular complexity index is 939. The van der Waals surface area contributed by atoms with Crippen LogP contribution in [-0.4, -0.2) is 41.4 Å². The molecule has 2 aromatic carbocycles. The minimum atomic E-state index is -0.595. The van der Waals surface area contributed by atoms with Crippen molar-refractivity contribution < 1.29 is 14.3 Å². The van der Waals surface area contributed by atoms with Gasteiger partial charge >= 0.3 is 5.97 Å². The third kappa shape index (κ3) is 4.56. The summed E-state index contributed by atoms with van der Waals surface area (Å²) in [6.07, 6.45) is 0. The van der Waals surface area contributed by atoms with Gasteiger partial charge in [0.25, 0.3) is 5.91 Å².